The van der Waals surface area contributed by atoms with Gasteiger partial charge in [-0.25, -0.2) is 14.8 Å². The molecule has 7 heteroatoms. The number of nitrogen functional groups attached to an aromatic ring is 1. The van der Waals surface area contributed by atoms with Crippen LogP contribution in [0.25, 0.3) is 11.3 Å². The van der Waals surface area contributed by atoms with Crippen molar-refractivity contribution in [3.8, 4) is 17.0 Å². The lowest BCUT2D eigenvalue weighted by atomic mass is 10.1. The van der Waals surface area contributed by atoms with E-state index in [4.69, 9.17) is 27.2 Å². The van der Waals surface area contributed by atoms with E-state index >= 15 is 0 Å². The minimum atomic E-state index is -1.18. The molecule has 1 aromatic heterocycles. The van der Waals surface area contributed by atoms with Crippen LogP contribution in [0.4, 0.5) is 5.95 Å². The Hall–Kier alpha value is -2.34. The Morgan fingerprint density at radius 1 is 1.37 bits per heavy atom. The molecule has 6 nitrogen and oxygen atoms in total. The van der Waals surface area contributed by atoms with Crippen molar-refractivity contribution >= 4 is 23.5 Å². The summed E-state index contributed by atoms with van der Waals surface area (Å²) in [4.78, 5) is 18.5. The monoisotopic (exact) mass is 279 g/mol. The maximum absolute atomic E-state index is 10.9. The molecule has 0 atom stereocenters. The van der Waals surface area contributed by atoms with Gasteiger partial charge in [0, 0.05) is 5.56 Å². The molecule has 0 aliphatic carbocycles. The highest BCUT2D eigenvalue weighted by molar-refractivity contribution is 6.33. The molecular formula is C12H10ClN3O3. The molecule has 0 aliphatic rings. The van der Waals surface area contributed by atoms with E-state index in [0.717, 1.165) is 0 Å². The number of aromatic nitrogens is 2. The Labute approximate surface area is 113 Å². The number of rotatable bonds is 3. The average Bonchev–Trinajstić information content (AvgIpc) is 2.37. The van der Waals surface area contributed by atoms with Gasteiger partial charge in [0.2, 0.25) is 5.95 Å². The summed E-state index contributed by atoms with van der Waals surface area (Å²) in [5, 5.41) is 9.32. The lowest BCUT2D eigenvalue weighted by Crippen LogP contribution is -2.06. The molecule has 0 saturated heterocycles. The van der Waals surface area contributed by atoms with Crippen LogP contribution >= 0.6 is 11.6 Å². The fourth-order valence-electron chi connectivity index (χ4n) is 1.54. The molecule has 0 bridgehead atoms. The third kappa shape index (κ3) is 2.74. The third-order valence-corrected chi connectivity index (χ3v) is 2.73. The van der Waals surface area contributed by atoms with Gasteiger partial charge in [-0.3, -0.25) is 0 Å². The Kier molecular flexibility index (Phi) is 3.52. The van der Waals surface area contributed by atoms with E-state index in [2.05, 4.69) is 9.97 Å². The van der Waals surface area contributed by atoms with Crippen molar-refractivity contribution in [3.05, 3.63) is 35.0 Å². The summed E-state index contributed by atoms with van der Waals surface area (Å²) in [5.41, 5.74) is 6.20. The molecule has 0 saturated carbocycles. The summed E-state index contributed by atoms with van der Waals surface area (Å²) in [5.74, 6) is -0.712. The van der Waals surface area contributed by atoms with Crippen LogP contribution in [0.3, 0.4) is 0 Å². The number of hydrogen-bond donors (Lipinski definition) is 2. The second-order valence-electron chi connectivity index (χ2n) is 3.65. The number of halogens is 1. The van der Waals surface area contributed by atoms with Crippen molar-refractivity contribution in [2.45, 2.75) is 0 Å². The van der Waals surface area contributed by atoms with Crippen molar-refractivity contribution in [2.24, 2.45) is 0 Å². The first-order valence-electron chi connectivity index (χ1n) is 5.23. The molecule has 98 valence electrons. The van der Waals surface area contributed by atoms with Crippen LogP contribution in [0.1, 0.15) is 10.5 Å². The predicted molar refractivity (Wildman–Crippen MR) is 70.4 cm³/mol. The number of nitrogens with two attached hydrogens (primary N) is 1. The summed E-state index contributed by atoms with van der Waals surface area (Å²) in [6.45, 7) is 0. The first kappa shape index (κ1) is 13.1. The molecule has 0 spiro atoms. The number of methoxy groups -OCH3 is 1. The molecule has 0 unspecified atom stereocenters. The molecule has 2 aromatic rings. The second-order valence-corrected chi connectivity index (χ2v) is 4.05. The topological polar surface area (TPSA) is 98.3 Å². The first-order valence-corrected chi connectivity index (χ1v) is 5.61. The van der Waals surface area contributed by atoms with Gasteiger partial charge in [-0.05, 0) is 24.3 Å². The summed E-state index contributed by atoms with van der Waals surface area (Å²) in [7, 11) is 1.52. The van der Waals surface area contributed by atoms with Crippen LogP contribution in [-0.4, -0.2) is 28.2 Å². The number of benzene rings is 1. The number of nitrogens with zero attached hydrogens (tertiary/aromatic N) is 2. The van der Waals surface area contributed by atoms with E-state index < -0.39 is 5.97 Å². The SMILES string of the molecule is COc1ccc(-c2cc(C(=O)O)nc(N)n2)c(Cl)c1. The quantitative estimate of drug-likeness (QED) is 0.892. The van der Waals surface area contributed by atoms with Crippen LogP contribution in [-0.2, 0) is 0 Å². The molecule has 19 heavy (non-hydrogen) atoms. The van der Waals surface area contributed by atoms with Gasteiger partial charge in [-0.2, -0.15) is 0 Å². The van der Waals surface area contributed by atoms with E-state index in [1.165, 1.54) is 13.2 Å². The van der Waals surface area contributed by atoms with Gasteiger partial charge in [0.05, 0.1) is 17.8 Å². The van der Waals surface area contributed by atoms with Crippen LogP contribution in [0, 0.1) is 0 Å². The zero-order valence-corrected chi connectivity index (χ0v) is 10.7. The van der Waals surface area contributed by atoms with Crippen LogP contribution < -0.4 is 10.5 Å². The number of anilines is 1. The number of hydrogen-bond acceptors (Lipinski definition) is 5. The molecule has 0 aliphatic heterocycles. The Morgan fingerprint density at radius 3 is 2.68 bits per heavy atom. The fourth-order valence-corrected chi connectivity index (χ4v) is 1.81. The van der Waals surface area contributed by atoms with Crippen molar-refractivity contribution in [1.82, 2.24) is 9.97 Å². The van der Waals surface area contributed by atoms with Gasteiger partial charge >= 0.3 is 5.97 Å². The molecule has 2 rings (SSSR count). The highest BCUT2D eigenvalue weighted by Crippen LogP contribution is 2.30. The lowest BCUT2D eigenvalue weighted by molar-refractivity contribution is 0.0690. The Balaban J connectivity index is 2.55. The van der Waals surface area contributed by atoms with E-state index in [1.54, 1.807) is 18.2 Å². The fraction of sp³-hybridized carbons (Fsp3) is 0.0833. The number of ether oxygens (including phenoxy) is 1. The number of aromatic carboxylic acids is 1. The van der Waals surface area contributed by atoms with Crippen LogP contribution in [0.15, 0.2) is 24.3 Å². The summed E-state index contributed by atoms with van der Waals surface area (Å²) in [6, 6.07) is 6.29. The first-order chi connectivity index (χ1) is 9.01. The predicted octanol–water partition coefficient (Wildman–Crippen LogP) is 2.09. The standard InChI is InChI=1S/C12H10ClN3O3/c1-19-6-2-3-7(8(13)4-6)9-5-10(11(17)18)16-12(14)15-9/h2-5H,1H3,(H,17,18)(H2,14,15,16). The third-order valence-electron chi connectivity index (χ3n) is 2.41. The van der Waals surface area contributed by atoms with E-state index in [-0.39, 0.29) is 11.6 Å². The Morgan fingerprint density at radius 2 is 2.11 bits per heavy atom. The van der Waals surface area contributed by atoms with Gasteiger partial charge in [0.25, 0.3) is 0 Å². The molecule has 0 fully saturated rings. The second kappa shape index (κ2) is 5.11. The lowest BCUT2D eigenvalue weighted by Gasteiger charge is -2.07. The highest BCUT2D eigenvalue weighted by atomic mass is 35.5. The maximum atomic E-state index is 10.9. The van der Waals surface area contributed by atoms with E-state index in [9.17, 15) is 4.79 Å². The average molecular weight is 280 g/mol. The summed E-state index contributed by atoms with van der Waals surface area (Å²) < 4.78 is 5.04. The van der Waals surface area contributed by atoms with Gasteiger partial charge in [-0.15, -0.1) is 0 Å². The van der Waals surface area contributed by atoms with Gasteiger partial charge in [-0.1, -0.05) is 11.6 Å². The molecule has 0 amide bonds. The largest absolute Gasteiger partial charge is 0.497 e. The van der Waals surface area contributed by atoms with Crippen molar-refractivity contribution < 1.29 is 14.6 Å². The molecule has 0 radical (unpaired) electrons. The smallest absolute Gasteiger partial charge is 0.354 e. The number of carbonyl (C=O) groups is 1. The van der Waals surface area contributed by atoms with Crippen molar-refractivity contribution in [3.63, 3.8) is 0 Å². The Bertz CT molecular complexity index is 646. The minimum Gasteiger partial charge on any atom is -0.497 e. The molecular weight excluding hydrogens is 270 g/mol. The van der Waals surface area contributed by atoms with Gasteiger partial charge in [0.1, 0.15) is 5.75 Å². The van der Waals surface area contributed by atoms with Crippen LogP contribution in [0.5, 0.6) is 5.75 Å². The minimum absolute atomic E-state index is 0.123. The highest BCUT2D eigenvalue weighted by Gasteiger charge is 2.12. The summed E-state index contributed by atoms with van der Waals surface area (Å²) >= 11 is 6.10. The normalized spacial score (nSPS) is 10.2. The number of carboxylic acids is 1. The van der Waals surface area contributed by atoms with E-state index in [0.29, 0.717) is 22.0 Å². The zero-order chi connectivity index (χ0) is 14.0. The zero-order valence-electron chi connectivity index (χ0n) is 9.92. The van der Waals surface area contributed by atoms with Crippen molar-refractivity contribution in [1.29, 1.82) is 0 Å². The van der Waals surface area contributed by atoms with Crippen LogP contribution in [0.2, 0.25) is 5.02 Å². The van der Waals surface area contributed by atoms with E-state index in [1.807, 2.05) is 0 Å². The van der Waals surface area contributed by atoms with Gasteiger partial charge < -0.3 is 15.6 Å². The number of carboxylic acid groups (broad SMARTS) is 1. The molecule has 1 aromatic carbocycles. The molecule has 1 heterocycles. The summed E-state index contributed by atoms with van der Waals surface area (Å²) in [6.07, 6.45) is 0. The van der Waals surface area contributed by atoms with Gasteiger partial charge in [0.15, 0.2) is 5.69 Å². The maximum Gasteiger partial charge on any atom is 0.354 e. The molecule has 3 N–H and O–H groups in total. The van der Waals surface area contributed by atoms with Crippen molar-refractivity contribution in [2.75, 3.05) is 12.8 Å².